The molecule has 0 fully saturated rings. The van der Waals surface area contributed by atoms with Crippen molar-refractivity contribution >= 4 is 11.9 Å². The first-order chi connectivity index (χ1) is 8.59. The minimum Gasteiger partial charge on any atom is -0.478 e. The van der Waals surface area contributed by atoms with Gasteiger partial charge in [0, 0.05) is 11.8 Å². The Labute approximate surface area is 102 Å². The second-order valence-electron chi connectivity index (χ2n) is 3.59. The number of hydrogen-bond donors (Lipinski definition) is 2. The zero-order valence-corrected chi connectivity index (χ0v) is 9.20. The summed E-state index contributed by atoms with van der Waals surface area (Å²) in [7, 11) is 0. The number of carbonyl (C=O) groups is 2. The molecule has 0 aliphatic rings. The largest absolute Gasteiger partial charge is 0.478 e. The van der Waals surface area contributed by atoms with E-state index in [1.165, 1.54) is 6.07 Å². The molecule has 2 N–H and O–H groups in total. The molecule has 0 saturated carbocycles. The Hall–Kier alpha value is -2.69. The summed E-state index contributed by atoms with van der Waals surface area (Å²) in [5, 5.41) is 17.9. The van der Waals surface area contributed by atoms with E-state index in [1.807, 2.05) is 6.07 Å². The predicted octanol–water partition coefficient (Wildman–Crippen LogP) is 2.15. The molecule has 0 aliphatic carbocycles. The highest BCUT2D eigenvalue weighted by atomic mass is 16.4. The van der Waals surface area contributed by atoms with Crippen LogP contribution in [-0.2, 0) is 0 Å². The van der Waals surface area contributed by atoms with Crippen molar-refractivity contribution < 1.29 is 19.8 Å². The van der Waals surface area contributed by atoms with Gasteiger partial charge in [0.05, 0.1) is 16.8 Å². The molecule has 0 amide bonds. The maximum atomic E-state index is 11.0. The minimum atomic E-state index is -1.31. The van der Waals surface area contributed by atoms with E-state index in [2.05, 4.69) is 4.98 Å². The maximum Gasteiger partial charge on any atom is 0.338 e. The summed E-state index contributed by atoms with van der Waals surface area (Å²) in [6.07, 6.45) is 1.06. The molecular weight excluding hydrogens is 234 g/mol. The average molecular weight is 243 g/mol. The average Bonchev–Trinajstić information content (AvgIpc) is 2.39. The van der Waals surface area contributed by atoms with Gasteiger partial charge in [-0.25, -0.2) is 9.59 Å². The summed E-state index contributed by atoms with van der Waals surface area (Å²) in [6.45, 7) is 0. The van der Waals surface area contributed by atoms with Crippen LogP contribution in [0.15, 0.2) is 42.6 Å². The van der Waals surface area contributed by atoms with Crippen LogP contribution in [0.1, 0.15) is 20.7 Å². The van der Waals surface area contributed by atoms with Gasteiger partial charge in [0.25, 0.3) is 0 Å². The van der Waals surface area contributed by atoms with E-state index in [4.69, 9.17) is 10.2 Å². The molecule has 5 heteroatoms. The molecule has 0 unspecified atom stereocenters. The minimum absolute atomic E-state index is 0.267. The van der Waals surface area contributed by atoms with Crippen LogP contribution < -0.4 is 0 Å². The van der Waals surface area contributed by atoms with Crippen molar-refractivity contribution in [1.82, 2.24) is 4.98 Å². The maximum absolute atomic E-state index is 11.0. The monoisotopic (exact) mass is 243 g/mol. The summed E-state index contributed by atoms with van der Waals surface area (Å²) >= 11 is 0. The van der Waals surface area contributed by atoms with Crippen molar-refractivity contribution in [2.45, 2.75) is 0 Å². The number of nitrogens with zero attached hydrogens (tertiary/aromatic N) is 1. The summed E-state index contributed by atoms with van der Waals surface area (Å²) < 4.78 is 0. The quantitative estimate of drug-likeness (QED) is 0.862. The number of carboxylic acids is 2. The second kappa shape index (κ2) is 4.67. The Morgan fingerprint density at radius 2 is 1.56 bits per heavy atom. The fourth-order valence-corrected chi connectivity index (χ4v) is 1.57. The number of benzene rings is 1. The zero-order chi connectivity index (χ0) is 13.1. The number of hydrogen-bond acceptors (Lipinski definition) is 3. The van der Waals surface area contributed by atoms with Crippen LogP contribution in [0.3, 0.4) is 0 Å². The third kappa shape index (κ3) is 2.20. The summed E-state index contributed by atoms with van der Waals surface area (Å²) in [6, 6.07) is 10.2. The lowest BCUT2D eigenvalue weighted by molar-refractivity contribution is 0.0651. The van der Waals surface area contributed by atoms with Gasteiger partial charge in [0.2, 0.25) is 0 Å². The van der Waals surface area contributed by atoms with Crippen LogP contribution in [0, 0.1) is 0 Å². The Morgan fingerprint density at radius 3 is 2.11 bits per heavy atom. The molecule has 1 heterocycles. The number of pyridine rings is 1. The molecule has 90 valence electrons. The molecule has 2 rings (SSSR count). The van der Waals surface area contributed by atoms with Crippen LogP contribution >= 0.6 is 0 Å². The van der Waals surface area contributed by atoms with E-state index < -0.39 is 11.9 Å². The first-order valence-corrected chi connectivity index (χ1v) is 5.11. The van der Waals surface area contributed by atoms with Gasteiger partial charge in [-0.2, -0.15) is 0 Å². The third-order valence-corrected chi connectivity index (χ3v) is 2.43. The van der Waals surface area contributed by atoms with Crippen LogP contribution in [0.2, 0.25) is 0 Å². The van der Waals surface area contributed by atoms with Crippen LogP contribution in [-0.4, -0.2) is 27.1 Å². The molecule has 0 atom stereocenters. The fraction of sp³-hybridized carbons (Fsp3) is 0. The van der Waals surface area contributed by atoms with E-state index in [0.717, 1.165) is 11.8 Å². The van der Waals surface area contributed by atoms with E-state index in [1.54, 1.807) is 24.3 Å². The Morgan fingerprint density at radius 1 is 0.944 bits per heavy atom. The summed E-state index contributed by atoms with van der Waals surface area (Å²) in [4.78, 5) is 25.9. The standard InChI is InChI=1S/C13H9NO4/c15-12(16)9-6-11(8-4-2-1-3-5-8)14-7-10(9)13(17)18/h1-7H,(H,15,16)(H,17,18). The highest BCUT2D eigenvalue weighted by molar-refractivity contribution is 6.02. The van der Waals surface area contributed by atoms with Crippen LogP contribution in [0.25, 0.3) is 11.3 Å². The van der Waals surface area contributed by atoms with Gasteiger partial charge in [-0.1, -0.05) is 30.3 Å². The van der Waals surface area contributed by atoms with E-state index in [9.17, 15) is 9.59 Å². The number of rotatable bonds is 3. The summed E-state index contributed by atoms with van der Waals surface area (Å²) in [5.74, 6) is -2.59. The summed E-state index contributed by atoms with van der Waals surface area (Å²) in [5.41, 5.74) is 0.577. The van der Waals surface area contributed by atoms with Gasteiger partial charge >= 0.3 is 11.9 Å². The molecule has 0 aliphatic heterocycles. The van der Waals surface area contributed by atoms with E-state index in [-0.39, 0.29) is 11.1 Å². The van der Waals surface area contributed by atoms with Crippen molar-refractivity contribution in [3.63, 3.8) is 0 Å². The Bertz CT molecular complexity index is 608. The van der Waals surface area contributed by atoms with Gasteiger partial charge in [-0.15, -0.1) is 0 Å². The van der Waals surface area contributed by atoms with Gasteiger partial charge in [0.15, 0.2) is 0 Å². The fourth-order valence-electron chi connectivity index (χ4n) is 1.57. The highest BCUT2D eigenvalue weighted by Gasteiger charge is 2.17. The molecule has 0 radical (unpaired) electrons. The van der Waals surface area contributed by atoms with Crippen molar-refractivity contribution in [2.75, 3.05) is 0 Å². The molecule has 0 bridgehead atoms. The first kappa shape index (κ1) is 11.8. The first-order valence-electron chi connectivity index (χ1n) is 5.11. The number of aromatic carboxylic acids is 2. The second-order valence-corrected chi connectivity index (χ2v) is 3.59. The lowest BCUT2D eigenvalue weighted by atomic mass is 10.1. The molecule has 2 aromatic rings. The Balaban J connectivity index is 2.57. The predicted molar refractivity (Wildman–Crippen MR) is 63.6 cm³/mol. The molecule has 1 aromatic heterocycles. The van der Waals surface area contributed by atoms with Crippen molar-refractivity contribution in [2.24, 2.45) is 0 Å². The number of aromatic nitrogens is 1. The lowest BCUT2D eigenvalue weighted by Gasteiger charge is -2.05. The van der Waals surface area contributed by atoms with Gasteiger partial charge in [-0.3, -0.25) is 4.98 Å². The molecule has 0 saturated heterocycles. The molecule has 18 heavy (non-hydrogen) atoms. The van der Waals surface area contributed by atoms with E-state index in [0.29, 0.717) is 5.69 Å². The van der Waals surface area contributed by atoms with Gasteiger partial charge in [-0.05, 0) is 6.07 Å². The van der Waals surface area contributed by atoms with Crippen molar-refractivity contribution in [3.05, 3.63) is 53.7 Å². The molecule has 5 nitrogen and oxygen atoms in total. The molecule has 0 spiro atoms. The zero-order valence-electron chi connectivity index (χ0n) is 9.20. The van der Waals surface area contributed by atoms with Crippen molar-refractivity contribution in [1.29, 1.82) is 0 Å². The topological polar surface area (TPSA) is 87.5 Å². The lowest BCUT2D eigenvalue weighted by Crippen LogP contribution is -2.09. The van der Waals surface area contributed by atoms with Gasteiger partial charge < -0.3 is 10.2 Å². The highest BCUT2D eigenvalue weighted by Crippen LogP contribution is 2.19. The van der Waals surface area contributed by atoms with E-state index >= 15 is 0 Å². The third-order valence-electron chi connectivity index (χ3n) is 2.43. The number of carboxylic acid groups (broad SMARTS) is 2. The molecular formula is C13H9NO4. The van der Waals surface area contributed by atoms with Crippen LogP contribution in [0.5, 0.6) is 0 Å². The van der Waals surface area contributed by atoms with Crippen LogP contribution in [0.4, 0.5) is 0 Å². The normalized spacial score (nSPS) is 10.0. The van der Waals surface area contributed by atoms with Crippen molar-refractivity contribution in [3.8, 4) is 11.3 Å². The van der Waals surface area contributed by atoms with Gasteiger partial charge in [0.1, 0.15) is 0 Å². The Kier molecular flexibility index (Phi) is 3.05. The molecule has 1 aromatic carbocycles. The SMILES string of the molecule is O=C(O)c1cnc(-c2ccccc2)cc1C(=O)O. The smallest absolute Gasteiger partial charge is 0.338 e.